The molecule has 1 aromatic carbocycles. The molecule has 0 bridgehead atoms. The summed E-state index contributed by atoms with van der Waals surface area (Å²) in [5.74, 6) is -0.239. The van der Waals surface area contributed by atoms with E-state index in [-0.39, 0.29) is 12.5 Å². The predicted octanol–water partition coefficient (Wildman–Crippen LogP) is 2.05. The van der Waals surface area contributed by atoms with Crippen molar-refractivity contribution in [3.05, 3.63) is 47.7 Å². The number of carbonyl (C=O) groups is 1. The van der Waals surface area contributed by atoms with Crippen LogP contribution in [0.5, 0.6) is 0 Å². The molecule has 1 atom stereocenters. The van der Waals surface area contributed by atoms with Gasteiger partial charge in [-0.1, -0.05) is 17.7 Å². The Morgan fingerprint density at radius 1 is 1.40 bits per heavy atom. The summed E-state index contributed by atoms with van der Waals surface area (Å²) < 4.78 is 0. The van der Waals surface area contributed by atoms with Crippen molar-refractivity contribution in [2.45, 2.75) is 20.0 Å². The first-order valence-electron chi connectivity index (χ1n) is 6.56. The van der Waals surface area contributed by atoms with Gasteiger partial charge in [0.15, 0.2) is 0 Å². The van der Waals surface area contributed by atoms with Gasteiger partial charge in [-0.25, -0.2) is 4.98 Å². The van der Waals surface area contributed by atoms with E-state index < -0.39 is 6.10 Å². The molecule has 0 saturated carbocycles. The highest BCUT2D eigenvalue weighted by Gasteiger charge is 2.00. The fourth-order valence-electron chi connectivity index (χ4n) is 1.82. The number of hydrogen-bond acceptors (Lipinski definition) is 3. The number of rotatable bonds is 4. The van der Waals surface area contributed by atoms with Gasteiger partial charge in [0, 0.05) is 18.0 Å². The van der Waals surface area contributed by atoms with Crippen molar-refractivity contribution in [2.24, 2.45) is 0 Å². The zero-order valence-corrected chi connectivity index (χ0v) is 11.6. The van der Waals surface area contributed by atoms with Crippen LogP contribution in [0.25, 0.3) is 17.0 Å². The minimum Gasteiger partial charge on any atom is -0.392 e. The number of benzene rings is 1. The summed E-state index contributed by atoms with van der Waals surface area (Å²) in [5.41, 5.74) is 2.83. The number of aromatic nitrogens is 1. The summed E-state index contributed by atoms with van der Waals surface area (Å²) in [7, 11) is 0. The van der Waals surface area contributed by atoms with Crippen LogP contribution in [0.2, 0.25) is 0 Å². The van der Waals surface area contributed by atoms with Crippen LogP contribution in [-0.4, -0.2) is 28.6 Å². The maximum Gasteiger partial charge on any atom is 0.244 e. The highest BCUT2D eigenvalue weighted by molar-refractivity contribution is 5.91. The Hall–Kier alpha value is -2.20. The summed E-state index contributed by atoms with van der Waals surface area (Å²) in [6, 6.07) is 9.92. The third-order valence-electron chi connectivity index (χ3n) is 2.84. The second-order valence-electron chi connectivity index (χ2n) is 4.86. The Balaban J connectivity index is 2.09. The maximum atomic E-state index is 11.5. The molecule has 0 radical (unpaired) electrons. The molecule has 2 N–H and O–H groups in total. The number of pyridine rings is 1. The summed E-state index contributed by atoms with van der Waals surface area (Å²) in [6.45, 7) is 3.91. The second kappa shape index (κ2) is 6.30. The van der Waals surface area contributed by atoms with E-state index >= 15 is 0 Å². The first-order valence-corrected chi connectivity index (χ1v) is 6.56. The van der Waals surface area contributed by atoms with E-state index in [2.05, 4.69) is 16.4 Å². The lowest BCUT2D eigenvalue weighted by Gasteiger charge is -2.04. The number of aliphatic hydroxyl groups excluding tert-OH is 1. The minimum atomic E-state index is -0.547. The quantitative estimate of drug-likeness (QED) is 0.836. The molecule has 20 heavy (non-hydrogen) atoms. The van der Waals surface area contributed by atoms with Gasteiger partial charge in [-0.15, -0.1) is 0 Å². The summed E-state index contributed by atoms with van der Waals surface area (Å²) >= 11 is 0. The zero-order chi connectivity index (χ0) is 14.5. The largest absolute Gasteiger partial charge is 0.392 e. The number of aryl methyl sites for hydroxylation is 1. The van der Waals surface area contributed by atoms with Crippen LogP contribution >= 0.6 is 0 Å². The van der Waals surface area contributed by atoms with Crippen molar-refractivity contribution in [3.63, 3.8) is 0 Å². The molecule has 1 unspecified atom stereocenters. The highest BCUT2D eigenvalue weighted by Crippen LogP contribution is 2.14. The molecule has 0 spiro atoms. The van der Waals surface area contributed by atoms with E-state index in [0.717, 1.165) is 16.6 Å². The van der Waals surface area contributed by atoms with Gasteiger partial charge in [0.2, 0.25) is 5.91 Å². The Morgan fingerprint density at radius 2 is 2.20 bits per heavy atom. The number of carbonyl (C=O) groups excluding carboxylic acids is 1. The number of nitrogens with zero attached hydrogens (tertiary/aromatic N) is 1. The molecular weight excluding hydrogens is 252 g/mol. The fraction of sp³-hybridized carbons (Fsp3) is 0.250. The highest BCUT2D eigenvalue weighted by atomic mass is 16.3. The zero-order valence-electron chi connectivity index (χ0n) is 11.6. The molecule has 1 amide bonds. The number of fused-ring (bicyclic) bond motifs is 1. The number of nitrogens with one attached hydrogen (secondary N) is 1. The van der Waals surface area contributed by atoms with E-state index in [0.29, 0.717) is 0 Å². The number of amides is 1. The van der Waals surface area contributed by atoms with Gasteiger partial charge in [-0.05, 0) is 38.1 Å². The predicted molar refractivity (Wildman–Crippen MR) is 80.2 cm³/mol. The van der Waals surface area contributed by atoms with E-state index in [1.54, 1.807) is 13.0 Å². The van der Waals surface area contributed by atoms with E-state index in [4.69, 9.17) is 5.11 Å². The van der Waals surface area contributed by atoms with Crippen LogP contribution in [0.3, 0.4) is 0 Å². The van der Waals surface area contributed by atoms with Crippen molar-refractivity contribution in [1.82, 2.24) is 10.3 Å². The summed E-state index contributed by atoms with van der Waals surface area (Å²) in [4.78, 5) is 16.0. The van der Waals surface area contributed by atoms with Crippen molar-refractivity contribution in [3.8, 4) is 0 Å². The molecule has 1 heterocycles. The third-order valence-corrected chi connectivity index (χ3v) is 2.84. The molecule has 104 valence electrons. The Labute approximate surface area is 118 Å². The minimum absolute atomic E-state index is 0.239. The molecule has 2 rings (SSSR count). The fourth-order valence-corrected chi connectivity index (χ4v) is 1.82. The van der Waals surface area contributed by atoms with Gasteiger partial charge in [0.1, 0.15) is 0 Å². The van der Waals surface area contributed by atoms with E-state index in [1.165, 1.54) is 11.6 Å². The molecule has 2 aromatic rings. The molecule has 4 heteroatoms. The van der Waals surface area contributed by atoms with Gasteiger partial charge in [-0.3, -0.25) is 4.79 Å². The molecule has 0 aliphatic heterocycles. The molecule has 1 aromatic heterocycles. The monoisotopic (exact) mass is 270 g/mol. The Bertz CT molecular complexity index is 648. The van der Waals surface area contributed by atoms with Crippen LogP contribution in [0.15, 0.2) is 36.4 Å². The average Bonchev–Trinajstić information content (AvgIpc) is 2.42. The maximum absolute atomic E-state index is 11.5. The van der Waals surface area contributed by atoms with Crippen LogP contribution in [-0.2, 0) is 4.79 Å². The van der Waals surface area contributed by atoms with Gasteiger partial charge < -0.3 is 10.4 Å². The number of aliphatic hydroxyl groups is 1. The molecule has 0 fully saturated rings. The summed E-state index contributed by atoms with van der Waals surface area (Å²) in [6.07, 6.45) is 2.54. The van der Waals surface area contributed by atoms with Crippen LogP contribution in [0.1, 0.15) is 18.2 Å². The standard InChI is InChI=1S/C16H18N2O2/c1-11-3-7-15-13(9-11)4-5-14(18-15)6-8-16(20)17-10-12(2)19/h3-9,12,19H,10H2,1-2H3,(H,17,20)/b8-6+. The second-order valence-corrected chi connectivity index (χ2v) is 4.86. The van der Waals surface area contributed by atoms with E-state index in [1.807, 2.05) is 31.2 Å². The lowest BCUT2D eigenvalue weighted by molar-refractivity contribution is -0.116. The first kappa shape index (κ1) is 14.2. The van der Waals surface area contributed by atoms with E-state index in [9.17, 15) is 4.79 Å². The molecular formula is C16H18N2O2. The van der Waals surface area contributed by atoms with Crippen molar-refractivity contribution in [2.75, 3.05) is 6.54 Å². The Kier molecular flexibility index (Phi) is 4.48. The van der Waals surface area contributed by atoms with Crippen molar-refractivity contribution < 1.29 is 9.90 Å². The number of hydrogen-bond donors (Lipinski definition) is 2. The first-order chi connectivity index (χ1) is 9.54. The molecule has 0 aliphatic rings. The van der Waals surface area contributed by atoms with Crippen molar-refractivity contribution in [1.29, 1.82) is 0 Å². The van der Waals surface area contributed by atoms with Crippen LogP contribution in [0, 0.1) is 6.92 Å². The lowest BCUT2D eigenvalue weighted by atomic mass is 10.1. The average molecular weight is 270 g/mol. The molecule has 4 nitrogen and oxygen atoms in total. The van der Waals surface area contributed by atoms with Crippen molar-refractivity contribution >= 4 is 22.9 Å². The topological polar surface area (TPSA) is 62.2 Å². The van der Waals surface area contributed by atoms with Crippen LogP contribution in [0.4, 0.5) is 0 Å². The van der Waals surface area contributed by atoms with Gasteiger partial charge in [0.25, 0.3) is 0 Å². The van der Waals surface area contributed by atoms with Crippen LogP contribution < -0.4 is 5.32 Å². The normalized spacial score (nSPS) is 12.8. The third kappa shape index (κ3) is 3.90. The SMILES string of the molecule is Cc1ccc2nc(/C=C/C(=O)NCC(C)O)ccc2c1. The smallest absolute Gasteiger partial charge is 0.244 e. The summed E-state index contributed by atoms with van der Waals surface area (Å²) in [5, 5.41) is 12.8. The van der Waals surface area contributed by atoms with Gasteiger partial charge >= 0.3 is 0 Å². The Morgan fingerprint density at radius 3 is 2.95 bits per heavy atom. The molecule has 0 saturated heterocycles. The lowest BCUT2D eigenvalue weighted by Crippen LogP contribution is -2.28. The van der Waals surface area contributed by atoms with Gasteiger partial charge in [0.05, 0.1) is 17.3 Å². The van der Waals surface area contributed by atoms with Gasteiger partial charge in [-0.2, -0.15) is 0 Å². The molecule has 0 aliphatic carbocycles.